The van der Waals surface area contributed by atoms with E-state index in [2.05, 4.69) is 15.6 Å². The summed E-state index contributed by atoms with van der Waals surface area (Å²) in [6.07, 6.45) is 0. The molecule has 0 aliphatic heterocycles. The number of rotatable bonds is 4. The summed E-state index contributed by atoms with van der Waals surface area (Å²) in [5, 5.41) is 6.53. The molecule has 0 aliphatic carbocycles. The average Bonchev–Trinajstić information content (AvgIpc) is 2.35. The highest BCUT2D eigenvalue weighted by molar-refractivity contribution is 14.0. The molecule has 5 nitrogen and oxygen atoms in total. The van der Waals surface area contributed by atoms with Crippen LogP contribution in [0.2, 0.25) is 10.0 Å². The van der Waals surface area contributed by atoms with Crippen LogP contribution in [0.5, 0.6) is 0 Å². The number of amides is 1. The predicted molar refractivity (Wildman–Crippen MR) is 104 cm³/mol. The molecule has 22 heavy (non-hydrogen) atoms. The van der Waals surface area contributed by atoms with E-state index in [-0.39, 0.29) is 35.4 Å². The Hall–Kier alpha value is -0.730. The first-order chi connectivity index (χ1) is 9.69. The third-order valence-corrected chi connectivity index (χ3v) is 3.10. The summed E-state index contributed by atoms with van der Waals surface area (Å²) < 4.78 is 0. The quantitative estimate of drug-likeness (QED) is 0.281. The van der Waals surface area contributed by atoms with E-state index in [9.17, 15) is 4.79 Å². The van der Waals surface area contributed by atoms with Gasteiger partial charge in [-0.15, -0.1) is 24.0 Å². The zero-order valence-electron chi connectivity index (χ0n) is 12.7. The summed E-state index contributed by atoms with van der Waals surface area (Å²) >= 11 is 11.7. The fraction of sp³-hybridized carbons (Fsp3) is 0.429. The van der Waals surface area contributed by atoms with Crippen molar-refractivity contribution in [3.8, 4) is 0 Å². The minimum atomic E-state index is -0.230. The van der Waals surface area contributed by atoms with Crippen LogP contribution < -0.4 is 16.4 Å². The Morgan fingerprint density at radius 2 is 1.91 bits per heavy atom. The van der Waals surface area contributed by atoms with Crippen LogP contribution in [0.4, 0.5) is 0 Å². The maximum Gasteiger partial charge on any atom is 0.251 e. The number of aliphatic imine (C=N–C) groups is 1. The lowest BCUT2D eigenvalue weighted by molar-refractivity contribution is 0.0955. The van der Waals surface area contributed by atoms with E-state index in [1.165, 1.54) is 6.07 Å². The largest absolute Gasteiger partial charge is 0.370 e. The lowest BCUT2D eigenvalue weighted by atomic mass is 10.1. The molecule has 8 heteroatoms. The third kappa shape index (κ3) is 8.05. The number of carbonyl (C=O) groups is 1. The van der Waals surface area contributed by atoms with Crippen molar-refractivity contribution < 1.29 is 4.79 Å². The molecule has 0 atom stereocenters. The van der Waals surface area contributed by atoms with Crippen LogP contribution in [0, 0.1) is 0 Å². The van der Waals surface area contributed by atoms with Gasteiger partial charge in [0.2, 0.25) is 0 Å². The molecule has 124 valence electrons. The van der Waals surface area contributed by atoms with E-state index in [4.69, 9.17) is 28.9 Å². The molecule has 1 aromatic rings. The van der Waals surface area contributed by atoms with E-state index >= 15 is 0 Å². The molecule has 0 unspecified atom stereocenters. The number of hydrogen-bond acceptors (Lipinski definition) is 2. The van der Waals surface area contributed by atoms with Crippen molar-refractivity contribution >= 4 is 59.0 Å². The topological polar surface area (TPSA) is 79.5 Å². The second-order valence-electron chi connectivity index (χ2n) is 5.53. The summed E-state index contributed by atoms with van der Waals surface area (Å²) in [5.74, 6) is 0.123. The van der Waals surface area contributed by atoms with Crippen molar-refractivity contribution in [3.63, 3.8) is 0 Å². The number of benzene rings is 1. The van der Waals surface area contributed by atoms with Crippen LogP contribution in [0.1, 0.15) is 31.1 Å². The van der Waals surface area contributed by atoms with Gasteiger partial charge in [-0.05, 0) is 39.0 Å². The summed E-state index contributed by atoms with van der Waals surface area (Å²) in [5.41, 5.74) is 6.03. The molecule has 0 aromatic heterocycles. The highest BCUT2D eigenvalue weighted by Gasteiger charge is 2.10. The molecule has 1 rings (SSSR count). The Morgan fingerprint density at radius 1 is 1.27 bits per heavy atom. The van der Waals surface area contributed by atoms with Gasteiger partial charge in [0.05, 0.1) is 16.6 Å². The second-order valence-corrected chi connectivity index (χ2v) is 6.34. The number of nitrogens with one attached hydrogen (secondary N) is 2. The minimum Gasteiger partial charge on any atom is -0.370 e. The van der Waals surface area contributed by atoms with E-state index in [0.29, 0.717) is 34.7 Å². The number of guanidine groups is 1. The predicted octanol–water partition coefficient (Wildman–Crippen LogP) is 3.04. The van der Waals surface area contributed by atoms with Gasteiger partial charge in [0, 0.05) is 17.6 Å². The molecule has 0 aliphatic rings. The molecular weight excluding hydrogens is 438 g/mol. The Balaban J connectivity index is 0.00000441. The summed E-state index contributed by atoms with van der Waals surface area (Å²) in [7, 11) is 0. The Bertz CT molecular complexity index is 544. The van der Waals surface area contributed by atoms with Crippen LogP contribution in [0.15, 0.2) is 23.2 Å². The van der Waals surface area contributed by atoms with Gasteiger partial charge in [-0.25, -0.2) is 0 Å². The monoisotopic (exact) mass is 458 g/mol. The van der Waals surface area contributed by atoms with Crippen LogP contribution in [0.25, 0.3) is 0 Å². The van der Waals surface area contributed by atoms with Gasteiger partial charge in [-0.2, -0.15) is 0 Å². The molecule has 0 heterocycles. The molecule has 0 fully saturated rings. The Labute approximate surface area is 158 Å². The van der Waals surface area contributed by atoms with Gasteiger partial charge in [0.25, 0.3) is 5.91 Å². The van der Waals surface area contributed by atoms with Crippen molar-refractivity contribution in [2.24, 2.45) is 10.7 Å². The zero-order chi connectivity index (χ0) is 16.0. The minimum absolute atomic E-state index is 0. The van der Waals surface area contributed by atoms with Gasteiger partial charge in [0.15, 0.2) is 5.96 Å². The number of nitrogens with zero attached hydrogens (tertiary/aromatic N) is 1. The number of hydrogen-bond donors (Lipinski definition) is 3. The van der Waals surface area contributed by atoms with E-state index in [1.807, 2.05) is 20.8 Å². The number of carbonyl (C=O) groups excluding carboxylic acids is 1. The van der Waals surface area contributed by atoms with E-state index in [0.717, 1.165) is 0 Å². The molecule has 0 spiro atoms. The number of nitrogens with two attached hydrogens (primary N) is 1. The number of halogens is 3. The fourth-order valence-electron chi connectivity index (χ4n) is 1.51. The fourth-order valence-corrected chi connectivity index (χ4v) is 1.81. The smallest absolute Gasteiger partial charge is 0.251 e. The van der Waals surface area contributed by atoms with Gasteiger partial charge in [-0.3, -0.25) is 9.79 Å². The maximum absolute atomic E-state index is 11.9. The third-order valence-electron chi connectivity index (χ3n) is 2.36. The van der Waals surface area contributed by atoms with Crippen LogP contribution in [-0.2, 0) is 0 Å². The average molecular weight is 459 g/mol. The first kappa shape index (κ1) is 21.3. The molecular formula is C14H21Cl2IN4O. The lowest BCUT2D eigenvalue weighted by Gasteiger charge is -2.20. The van der Waals surface area contributed by atoms with Crippen LogP contribution in [-0.4, -0.2) is 30.5 Å². The summed E-state index contributed by atoms with van der Waals surface area (Å²) in [6.45, 7) is 6.73. The first-order valence-corrected chi connectivity index (χ1v) is 7.26. The van der Waals surface area contributed by atoms with E-state index in [1.54, 1.807) is 12.1 Å². The molecule has 4 N–H and O–H groups in total. The zero-order valence-corrected chi connectivity index (χ0v) is 16.6. The van der Waals surface area contributed by atoms with Gasteiger partial charge < -0.3 is 16.4 Å². The van der Waals surface area contributed by atoms with Gasteiger partial charge >= 0.3 is 0 Å². The standard InChI is InChI=1S/C14H20Cl2N4O.HI/c1-14(2,3)20-13(17)19-7-6-18-12(21)9-4-5-10(15)11(16)8-9;/h4-5,8H,6-7H2,1-3H3,(H,18,21)(H3,17,19,20);1H. The summed E-state index contributed by atoms with van der Waals surface area (Å²) in [4.78, 5) is 16.0. The molecule has 1 amide bonds. The highest BCUT2D eigenvalue weighted by Crippen LogP contribution is 2.22. The van der Waals surface area contributed by atoms with Crippen LogP contribution >= 0.6 is 47.2 Å². The Kier molecular flexibility index (Phi) is 9.11. The van der Waals surface area contributed by atoms with Crippen molar-refractivity contribution in [2.75, 3.05) is 13.1 Å². The van der Waals surface area contributed by atoms with Crippen LogP contribution in [0.3, 0.4) is 0 Å². The van der Waals surface area contributed by atoms with Crippen molar-refractivity contribution in [2.45, 2.75) is 26.3 Å². The van der Waals surface area contributed by atoms with Crippen molar-refractivity contribution in [1.82, 2.24) is 10.6 Å². The van der Waals surface area contributed by atoms with E-state index < -0.39 is 0 Å². The Morgan fingerprint density at radius 3 is 2.45 bits per heavy atom. The molecule has 1 aromatic carbocycles. The lowest BCUT2D eigenvalue weighted by Crippen LogP contribution is -2.45. The second kappa shape index (κ2) is 9.42. The van der Waals surface area contributed by atoms with Gasteiger partial charge in [-0.1, -0.05) is 23.2 Å². The molecule has 0 saturated carbocycles. The SMILES string of the molecule is CC(C)(C)NC(N)=NCCNC(=O)c1ccc(Cl)c(Cl)c1.I. The molecule has 0 radical (unpaired) electrons. The molecule has 0 saturated heterocycles. The highest BCUT2D eigenvalue weighted by atomic mass is 127. The normalized spacial score (nSPS) is 11.6. The first-order valence-electron chi connectivity index (χ1n) is 6.50. The summed E-state index contributed by atoms with van der Waals surface area (Å²) in [6, 6.07) is 4.72. The molecule has 0 bridgehead atoms. The van der Waals surface area contributed by atoms with Crippen molar-refractivity contribution in [3.05, 3.63) is 33.8 Å². The van der Waals surface area contributed by atoms with Crippen molar-refractivity contribution in [1.29, 1.82) is 0 Å². The van der Waals surface area contributed by atoms with Gasteiger partial charge in [0.1, 0.15) is 0 Å². The maximum atomic E-state index is 11.9.